The number of nitrogens with one attached hydrogen (secondary N) is 1. The maximum atomic E-state index is 13.4. The molecular weight excluding hydrogens is 423 g/mol. The highest BCUT2D eigenvalue weighted by atomic mass is 19.4. The van der Waals surface area contributed by atoms with Gasteiger partial charge in [0.1, 0.15) is 18.0 Å². The van der Waals surface area contributed by atoms with Crippen molar-refractivity contribution < 1.29 is 26.7 Å². The fourth-order valence-corrected chi connectivity index (χ4v) is 3.07. The minimum atomic E-state index is -4.49. The first-order valence-corrected chi connectivity index (χ1v) is 9.29. The molecule has 1 fully saturated rings. The van der Waals surface area contributed by atoms with Crippen molar-refractivity contribution in [1.82, 2.24) is 19.7 Å². The van der Waals surface area contributed by atoms with E-state index in [2.05, 4.69) is 20.4 Å². The predicted molar refractivity (Wildman–Crippen MR) is 102 cm³/mol. The third kappa shape index (κ3) is 4.90. The molecule has 2 aromatic heterocycles. The van der Waals surface area contributed by atoms with Crippen molar-refractivity contribution in [2.75, 3.05) is 36.5 Å². The minimum absolute atomic E-state index is 0.00394. The van der Waals surface area contributed by atoms with Crippen LogP contribution in [0.15, 0.2) is 42.7 Å². The Kier molecular flexibility index (Phi) is 5.72. The molecule has 1 aliphatic rings. The molecule has 0 radical (unpaired) electrons. The second-order valence-corrected chi connectivity index (χ2v) is 6.73. The molecular formula is C19H17F5N6O. The number of alkyl halides is 5. The summed E-state index contributed by atoms with van der Waals surface area (Å²) in [4.78, 5) is 10.2. The van der Waals surface area contributed by atoms with Gasteiger partial charge in [-0.2, -0.15) is 18.2 Å². The summed E-state index contributed by atoms with van der Waals surface area (Å²) in [6.07, 6.45) is -5.98. The van der Waals surface area contributed by atoms with Gasteiger partial charge in [-0.1, -0.05) is 6.07 Å². The molecule has 0 bridgehead atoms. The zero-order chi connectivity index (χ0) is 22.0. The Bertz CT molecular complexity index is 1050. The quantitative estimate of drug-likeness (QED) is 0.600. The molecule has 164 valence electrons. The first kappa shape index (κ1) is 21.0. The number of morpholine rings is 1. The van der Waals surface area contributed by atoms with E-state index in [0.29, 0.717) is 32.1 Å². The molecule has 1 aromatic carbocycles. The molecule has 1 saturated heterocycles. The fraction of sp³-hybridized carbons (Fsp3) is 0.316. The van der Waals surface area contributed by atoms with Crippen molar-refractivity contribution in [3.05, 3.63) is 53.9 Å². The summed E-state index contributed by atoms with van der Waals surface area (Å²) >= 11 is 0. The van der Waals surface area contributed by atoms with Gasteiger partial charge in [-0.05, 0) is 30.3 Å². The Morgan fingerprint density at radius 1 is 1.06 bits per heavy atom. The van der Waals surface area contributed by atoms with Crippen molar-refractivity contribution >= 4 is 17.6 Å². The van der Waals surface area contributed by atoms with Crippen molar-refractivity contribution in [3.8, 4) is 5.69 Å². The predicted octanol–water partition coefficient (Wildman–Crippen LogP) is 4.20. The maximum absolute atomic E-state index is 13.4. The Labute approximate surface area is 173 Å². The van der Waals surface area contributed by atoms with E-state index >= 15 is 0 Å². The Balaban J connectivity index is 1.59. The van der Waals surface area contributed by atoms with Crippen molar-refractivity contribution in [1.29, 1.82) is 0 Å². The second kappa shape index (κ2) is 8.46. The van der Waals surface area contributed by atoms with E-state index in [0.717, 1.165) is 16.8 Å². The number of halogens is 5. The lowest BCUT2D eigenvalue weighted by atomic mass is 10.2. The molecule has 0 amide bonds. The van der Waals surface area contributed by atoms with Crippen LogP contribution < -0.4 is 10.2 Å². The first-order chi connectivity index (χ1) is 14.8. The number of benzene rings is 1. The van der Waals surface area contributed by atoms with Gasteiger partial charge in [-0.25, -0.2) is 18.4 Å². The molecule has 0 spiro atoms. The molecule has 31 heavy (non-hydrogen) atoms. The van der Waals surface area contributed by atoms with Gasteiger partial charge in [0.2, 0.25) is 5.95 Å². The normalized spacial score (nSPS) is 14.8. The number of rotatable bonds is 5. The third-order valence-corrected chi connectivity index (χ3v) is 4.59. The van der Waals surface area contributed by atoms with Gasteiger partial charge in [0.25, 0.3) is 6.43 Å². The van der Waals surface area contributed by atoms with E-state index in [-0.39, 0.29) is 23.0 Å². The van der Waals surface area contributed by atoms with E-state index in [4.69, 9.17) is 4.74 Å². The standard InChI is InChI=1S/C19H17F5N6O/c20-17(21)12-8-15(26-16(9-12)29-4-6-31-7-5-29)27-18-25-11-30(28-18)14-3-1-2-13(10-14)19(22,23)24/h1-3,8-11,17H,4-7H2,(H,26,27,28). The SMILES string of the molecule is FC(F)c1cc(Nc2ncn(-c3cccc(C(F)(F)F)c3)n2)nc(N2CCOCC2)c1. The zero-order valence-electron chi connectivity index (χ0n) is 16.0. The number of nitrogens with zero attached hydrogens (tertiary/aromatic N) is 5. The summed E-state index contributed by atoms with van der Waals surface area (Å²) in [6, 6.07) is 7.09. The van der Waals surface area contributed by atoms with Crippen molar-refractivity contribution in [3.63, 3.8) is 0 Å². The summed E-state index contributed by atoms with van der Waals surface area (Å²) in [5, 5.41) is 6.83. The van der Waals surface area contributed by atoms with Crippen LogP contribution in [0.2, 0.25) is 0 Å². The molecule has 0 unspecified atom stereocenters. The Morgan fingerprint density at radius 2 is 1.84 bits per heavy atom. The van der Waals surface area contributed by atoms with E-state index in [1.807, 2.05) is 4.90 Å². The summed E-state index contributed by atoms with van der Waals surface area (Å²) in [5.41, 5.74) is -0.897. The Morgan fingerprint density at radius 3 is 2.55 bits per heavy atom. The molecule has 0 atom stereocenters. The monoisotopic (exact) mass is 440 g/mol. The van der Waals surface area contributed by atoms with E-state index in [1.54, 1.807) is 0 Å². The van der Waals surface area contributed by atoms with Crippen LogP contribution in [0.25, 0.3) is 5.69 Å². The Hall–Kier alpha value is -3.28. The van der Waals surface area contributed by atoms with Crippen LogP contribution in [0.5, 0.6) is 0 Å². The van der Waals surface area contributed by atoms with Crippen LogP contribution in [-0.4, -0.2) is 46.1 Å². The highest BCUT2D eigenvalue weighted by Crippen LogP contribution is 2.30. The number of ether oxygens (including phenoxy) is 1. The summed E-state index contributed by atoms with van der Waals surface area (Å²) < 4.78 is 72.0. The zero-order valence-corrected chi connectivity index (χ0v) is 16.0. The summed E-state index contributed by atoms with van der Waals surface area (Å²) in [6.45, 7) is 1.96. The van der Waals surface area contributed by atoms with Gasteiger partial charge in [0.05, 0.1) is 24.5 Å². The molecule has 1 N–H and O–H groups in total. The fourth-order valence-electron chi connectivity index (χ4n) is 3.07. The molecule has 3 heterocycles. The second-order valence-electron chi connectivity index (χ2n) is 6.73. The van der Waals surface area contributed by atoms with E-state index < -0.39 is 18.2 Å². The number of hydrogen-bond donors (Lipinski definition) is 1. The lowest BCUT2D eigenvalue weighted by Crippen LogP contribution is -2.36. The van der Waals surface area contributed by atoms with Crippen LogP contribution in [-0.2, 0) is 10.9 Å². The third-order valence-electron chi connectivity index (χ3n) is 4.59. The molecule has 1 aliphatic heterocycles. The smallest absolute Gasteiger partial charge is 0.378 e. The number of hydrogen-bond acceptors (Lipinski definition) is 6. The minimum Gasteiger partial charge on any atom is -0.378 e. The molecule has 4 rings (SSSR count). The first-order valence-electron chi connectivity index (χ1n) is 9.29. The van der Waals surface area contributed by atoms with Crippen LogP contribution in [0.4, 0.5) is 39.5 Å². The molecule has 7 nitrogen and oxygen atoms in total. The summed E-state index contributed by atoms with van der Waals surface area (Å²) in [7, 11) is 0. The molecule has 0 aliphatic carbocycles. The molecule has 12 heteroatoms. The van der Waals surface area contributed by atoms with Crippen molar-refractivity contribution in [2.45, 2.75) is 12.6 Å². The average Bonchev–Trinajstić information content (AvgIpc) is 3.22. The van der Waals surface area contributed by atoms with Gasteiger partial charge in [-0.15, -0.1) is 5.10 Å². The average molecular weight is 440 g/mol. The van der Waals surface area contributed by atoms with Crippen LogP contribution >= 0.6 is 0 Å². The van der Waals surface area contributed by atoms with Gasteiger partial charge in [0, 0.05) is 18.7 Å². The van der Waals surface area contributed by atoms with Gasteiger partial charge in [0.15, 0.2) is 0 Å². The largest absolute Gasteiger partial charge is 0.416 e. The van der Waals surface area contributed by atoms with Crippen LogP contribution in [0, 0.1) is 0 Å². The van der Waals surface area contributed by atoms with E-state index in [1.165, 1.54) is 30.6 Å². The maximum Gasteiger partial charge on any atom is 0.416 e. The highest BCUT2D eigenvalue weighted by molar-refractivity contribution is 5.55. The number of anilines is 3. The lowest BCUT2D eigenvalue weighted by molar-refractivity contribution is -0.137. The van der Waals surface area contributed by atoms with E-state index in [9.17, 15) is 22.0 Å². The lowest BCUT2D eigenvalue weighted by Gasteiger charge is -2.28. The van der Waals surface area contributed by atoms with Gasteiger partial charge in [-0.3, -0.25) is 0 Å². The molecule has 0 saturated carbocycles. The van der Waals surface area contributed by atoms with Crippen molar-refractivity contribution in [2.24, 2.45) is 0 Å². The summed E-state index contributed by atoms with van der Waals surface area (Å²) in [5.74, 6) is 0.464. The van der Waals surface area contributed by atoms with Gasteiger partial charge < -0.3 is 15.0 Å². The molecule has 3 aromatic rings. The van der Waals surface area contributed by atoms with Gasteiger partial charge >= 0.3 is 6.18 Å². The van der Waals surface area contributed by atoms with Crippen LogP contribution in [0.1, 0.15) is 17.6 Å². The van der Waals surface area contributed by atoms with Crippen LogP contribution in [0.3, 0.4) is 0 Å². The number of pyridine rings is 1. The topological polar surface area (TPSA) is 68.1 Å². The number of aromatic nitrogens is 4. The highest BCUT2D eigenvalue weighted by Gasteiger charge is 2.30.